The lowest BCUT2D eigenvalue weighted by Crippen LogP contribution is -2.11. The average molecular weight is 378 g/mol. The predicted octanol–water partition coefficient (Wildman–Crippen LogP) is 4.08. The van der Waals surface area contributed by atoms with Crippen molar-refractivity contribution < 1.29 is 21.6 Å². The Bertz CT molecular complexity index is 1060. The zero-order valence-corrected chi connectivity index (χ0v) is 14.1. The fraction of sp³-hybridized carbons (Fsp3) is 0.0556. The molecule has 0 unspecified atom stereocenters. The monoisotopic (exact) mass is 378 g/mol. The van der Waals surface area contributed by atoms with Gasteiger partial charge in [-0.15, -0.1) is 0 Å². The highest BCUT2D eigenvalue weighted by molar-refractivity contribution is 7.89. The Hall–Kier alpha value is -2.71. The number of hydrogen-bond donors (Lipinski definition) is 1. The van der Waals surface area contributed by atoms with Crippen molar-refractivity contribution in [3.63, 3.8) is 0 Å². The van der Waals surface area contributed by atoms with Crippen LogP contribution >= 0.6 is 0 Å². The number of rotatable bonds is 3. The zero-order chi connectivity index (χ0) is 18.9. The van der Waals surface area contributed by atoms with Gasteiger partial charge in [0.05, 0.1) is 10.5 Å². The van der Waals surface area contributed by atoms with E-state index in [4.69, 9.17) is 5.14 Å². The molecule has 0 aliphatic heterocycles. The Kier molecular flexibility index (Phi) is 4.55. The van der Waals surface area contributed by atoms with E-state index in [1.54, 1.807) is 6.07 Å². The molecule has 0 aliphatic carbocycles. The van der Waals surface area contributed by atoms with Gasteiger partial charge in [0.1, 0.15) is 0 Å². The highest BCUT2D eigenvalue weighted by atomic mass is 32.2. The van der Waals surface area contributed by atoms with Gasteiger partial charge in [-0.05, 0) is 35.4 Å². The first-order valence-electron chi connectivity index (χ1n) is 7.41. The van der Waals surface area contributed by atoms with Crippen molar-refractivity contribution in [2.24, 2.45) is 5.14 Å². The Labute approximate surface area is 148 Å². The third-order valence-corrected chi connectivity index (χ3v) is 4.69. The number of benzene rings is 2. The third-order valence-electron chi connectivity index (χ3n) is 3.78. The van der Waals surface area contributed by atoms with Crippen LogP contribution in [0.15, 0.2) is 71.9 Å². The molecule has 0 saturated carbocycles. The van der Waals surface area contributed by atoms with Crippen LogP contribution in [0.5, 0.6) is 0 Å². The number of alkyl halides is 3. The summed E-state index contributed by atoms with van der Waals surface area (Å²) in [5.74, 6) is 0. The van der Waals surface area contributed by atoms with Gasteiger partial charge in [-0.25, -0.2) is 13.6 Å². The maximum absolute atomic E-state index is 13.2. The molecule has 1 heterocycles. The molecule has 26 heavy (non-hydrogen) atoms. The molecule has 134 valence electrons. The molecule has 4 nitrogen and oxygen atoms in total. The molecular formula is C18H13F3N2O2S. The van der Waals surface area contributed by atoms with Gasteiger partial charge in [-0.1, -0.05) is 30.3 Å². The van der Waals surface area contributed by atoms with Gasteiger partial charge in [0.25, 0.3) is 0 Å². The van der Waals surface area contributed by atoms with Crippen molar-refractivity contribution in [3.8, 4) is 22.3 Å². The molecule has 1 aromatic heterocycles. The Balaban J connectivity index is 2.12. The lowest BCUT2D eigenvalue weighted by atomic mass is 9.98. The second-order valence-corrected chi connectivity index (χ2v) is 7.14. The fourth-order valence-electron chi connectivity index (χ4n) is 2.58. The number of hydrogen-bond acceptors (Lipinski definition) is 3. The summed E-state index contributed by atoms with van der Waals surface area (Å²) in [6.07, 6.45) is -1.72. The van der Waals surface area contributed by atoms with Crippen LogP contribution in [0.25, 0.3) is 22.3 Å². The Morgan fingerprint density at radius 2 is 1.54 bits per heavy atom. The van der Waals surface area contributed by atoms with Gasteiger partial charge in [0.15, 0.2) is 0 Å². The first-order chi connectivity index (χ1) is 12.2. The maximum atomic E-state index is 13.2. The molecule has 0 amide bonds. The van der Waals surface area contributed by atoms with Crippen LogP contribution in [0.1, 0.15) is 5.56 Å². The second kappa shape index (κ2) is 6.54. The van der Waals surface area contributed by atoms with Crippen molar-refractivity contribution in [2.75, 3.05) is 0 Å². The molecule has 3 aromatic rings. The molecule has 8 heteroatoms. The largest absolute Gasteiger partial charge is 0.417 e. The molecule has 3 rings (SSSR count). The summed E-state index contributed by atoms with van der Waals surface area (Å²) >= 11 is 0. The van der Waals surface area contributed by atoms with Crippen molar-refractivity contribution in [3.05, 3.63) is 72.6 Å². The van der Waals surface area contributed by atoms with E-state index >= 15 is 0 Å². The summed E-state index contributed by atoms with van der Waals surface area (Å²) in [6.45, 7) is 0. The smallest absolute Gasteiger partial charge is 0.263 e. The van der Waals surface area contributed by atoms with E-state index in [0.29, 0.717) is 11.1 Å². The number of aromatic nitrogens is 1. The van der Waals surface area contributed by atoms with Crippen molar-refractivity contribution >= 4 is 10.0 Å². The van der Waals surface area contributed by atoms with E-state index in [9.17, 15) is 21.6 Å². The van der Waals surface area contributed by atoms with E-state index in [-0.39, 0.29) is 16.0 Å². The average Bonchev–Trinajstić information content (AvgIpc) is 2.60. The van der Waals surface area contributed by atoms with E-state index in [2.05, 4.69) is 4.98 Å². The summed E-state index contributed by atoms with van der Waals surface area (Å²) in [4.78, 5) is 3.92. The number of primary sulfonamides is 1. The number of pyridine rings is 1. The summed E-state index contributed by atoms with van der Waals surface area (Å²) in [6, 6.07) is 12.6. The molecule has 0 atom stereocenters. The van der Waals surface area contributed by atoms with Gasteiger partial charge in [-0.3, -0.25) is 4.98 Å². The SMILES string of the molecule is NS(=O)(=O)c1cccc(-c2cncc(-c3ccccc3C(F)(F)F)c2)c1. The third kappa shape index (κ3) is 3.76. The maximum Gasteiger partial charge on any atom is 0.417 e. The van der Waals surface area contributed by atoms with Gasteiger partial charge in [-0.2, -0.15) is 13.2 Å². The molecule has 2 N–H and O–H groups in total. The topological polar surface area (TPSA) is 73.1 Å². The minimum atomic E-state index is -4.50. The number of sulfonamides is 1. The summed E-state index contributed by atoms with van der Waals surface area (Å²) in [5.41, 5.74) is 0.464. The van der Waals surface area contributed by atoms with Gasteiger partial charge in [0, 0.05) is 23.5 Å². The van der Waals surface area contributed by atoms with Crippen LogP contribution in [0.3, 0.4) is 0 Å². The second-order valence-electron chi connectivity index (χ2n) is 5.58. The van der Waals surface area contributed by atoms with Gasteiger partial charge < -0.3 is 0 Å². The number of nitrogens with zero attached hydrogens (tertiary/aromatic N) is 1. The van der Waals surface area contributed by atoms with Crippen LogP contribution in [-0.4, -0.2) is 13.4 Å². The molecule has 0 bridgehead atoms. The van der Waals surface area contributed by atoms with E-state index < -0.39 is 21.8 Å². The molecule has 0 aliphatic rings. The molecule has 0 spiro atoms. The quantitative estimate of drug-likeness (QED) is 0.746. The van der Waals surface area contributed by atoms with Crippen LogP contribution in [0.4, 0.5) is 13.2 Å². The minimum Gasteiger partial charge on any atom is -0.263 e. The van der Waals surface area contributed by atoms with E-state index in [0.717, 1.165) is 6.07 Å². The first kappa shape index (κ1) is 18.1. The molecule has 0 saturated heterocycles. The zero-order valence-electron chi connectivity index (χ0n) is 13.2. The van der Waals surface area contributed by atoms with Crippen LogP contribution in [0.2, 0.25) is 0 Å². The molecular weight excluding hydrogens is 365 g/mol. The molecule has 2 aromatic carbocycles. The fourth-order valence-corrected chi connectivity index (χ4v) is 3.14. The highest BCUT2D eigenvalue weighted by Gasteiger charge is 2.33. The Morgan fingerprint density at radius 1 is 0.846 bits per heavy atom. The lowest BCUT2D eigenvalue weighted by molar-refractivity contribution is -0.137. The molecule has 0 fully saturated rings. The molecule has 0 radical (unpaired) electrons. The van der Waals surface area contributed by atoms with Crippen molar-refractivity contribution in [2.45, 2.75) is 11.1 Å². The van der Waals surface area contributed by atoms with Crippen LogP contribution in [0, 0.1) is 0 Å². The number of halogens is 3. The highest BCUT2D eigenvalue weighted by Crippen LogP contribution is 2.37. The van der Waals surface area contributed by atoms with Crippen LogP contribution in [-0.2, 0) is 16.2 Å². The van der Waals surface area contributed by atoms with Crippen LogP contribution < -0.4 is 5.14 Å². The summed E-state index contributed by atoms with van der Waals surface area (Å²) < 4.78 is 62.7. The standard InChI is InChI=1S/C18H13F3N2O2S/c19-18(20,21)17-7-2-1-6-16(17)14-8-13(10-23-11-14)12-4-3-5-15(9-12)26(22,24)25/h1-11H,(H2,22,24,25). The van der Waals surface area contributed by atoms with E-state index in [1.165, 1.54) is 54.9 Å². The first-order valence-corrected chi connectivity index (χ1v) is 8.96. The lowest BCUT2D eigenvalue weighted by Gasteiger charge is -2.13. The van der Waals surface area contributed by atoms with Crippen molar-refractivity contribution in [1.29, 1.82) is 0 Å². The van der Waals surface area contributed by atoms with Crippen molar-refractivity contribution in [1.82, 2.24) is 4.98 Å². The number of nitrogens with two attached hydrogens (primary N) is 1. The predicted molar refractivity (Wildman–Crippen MR) is 91.5 cm³/mol. The summed E-state index contributed by atoms with van der Waals surface area (Å²) in [7, 11) is -3.89. The Morgan fingerprint density at radius 3 is 2.23 bits per heavy atom. The normalized spacial score (nSPS) is 12.2. The van der Waals surface area contributed by atoms with Gasteiger partial charge >= 0.3 is 6.18 Å². The summed E-state index contributed by atoms with van der Waals surface area (Å²) in [5, 5.41) is 5.12. The van der Waals surface area contributed by atoms with E-state index in [1.807, 2.05) is 0 Å². The minimum absolute atomic E-state index is 0.00282. The van der Waals surface area contributed by atoms with Gasteiger partial charge in [0.2, 0.25) is 10.0 Å².